The zero-order valence-electron chi connectivity index (χ0n) is 16.8. The number of hydrogen-bond acceptors (Lipinski definition) is 4. The summed E-state index contributed by atoms with van der Waals surface area (Å²) < 4.78 is 90.4. The quantitative estimate of drug-likeness (QED) is 0.536. The van der Waals surface area contributed by atoms with Crippen LogP contribution in [0.1, 0.15) is 15.9 Å². The van der Waals surface area contributed by atoms with Gasteiger partial charge in [0, 0.05) is 5.56 Å². The van der Waals surface area contributed by atoms with E-state index in [1.54, 1.807) is 5.32 Å². The van der Waals surface area contributed by atoms with Crippen LogP contribution in [0.3, 0.4) is 0 Å². The molecular formula is C21H14F7N3O3. The molecule has 0 unspecified atom stereocenters. The van der Waals surface area contributed by atoms with Gasteiger partial charge in [-0.15, -0.1) is 0 Å². The largest absolute Gasteiger partial charge is 0.416 e. The first-order chi connectivity index (χ1) is 15.8. The van der Waals surface area contributed by atoms with Crippen molar-refractivity contribution < 1.29 is 40.6 Å². The molecule has 1 aromatic heterocycles. The number of aliphatic hydroxyl groups is 1. The van der Waals surface area contributed by atoms with Crippen LogP contribution in [0.5, 0.6) is 0 Å². The fourth-order valence-electron chi connectivity index (χ4n) is 2.81. The van der Waals surface area contributed by atoms with Crippen molar-refractivity contribution in [1.82, 2.24) is 15.1 Å². The zero-order chi connectivity index (χ0) is 25.3. The molecule has 3 rings (SSSR count). The van der Waals surface area contributed by atoms with Gasteiger partial charge < -0.3 is 10.4 Å². The standard InChI is InChI=1S/C21H14F7N3O3/c22-13-2-1-3-14(8-13)31-19(34)15(18(33)29-10-17(32)21(26,27)28)9-16(30-31)11-4-6-12(7-5-11)20(23,24)25/h1-9,17,32H,10H2,(H,29,33)/t17-/m1/s1. The molecule has 0 aliphatic heterocycles. The van der Waals surface area contributed by atoms with E-state index in [0.717, 1.165) is 42.5 Å². The van der Waals surface area contributed by atoms with Gasteiger partial charge >= 0.3 is 12.4 Å². The Morgan fingerprint density at radius 3 is 2.24 bits per heavy atom. The van der Waals surface area contributed by atoms with Gasteiger partial charge in [0.2, 0.25) is 0 Å². The summed E-state index contributed by atoms with van der Waals surface area (Å²) in [4.78, 5) is 25.3. The number of aromatic nitrogens is 2. The number of amides is 1. The van der Waals surface area contributed by atoms with Gasteiger partial charge in [-0.25, -0.2) is 4.39 Å². The smallest absolute Gasteiger partial charge is 0.382 e. The third kappa shape index (κ3) is 5.60. The van der Waals surface area contributed by atoms with Crippen molar-refractivity contribution in [1.29, 1.82) is 0 Å². The van der Waals surface area contributed by atoms with Crippen LogP contribution in [-0.2, 0) is 6.18 Å². The van der Waals surface area contributed by atoms with E-state index in [4.69, 9.17) is 5.11 Å². The molecule has 2 aromatic carbocycles. The van der Waals surface area contributed by atoms with Gasteiger partial charge in [0.25, 0.3) is 11.5 Å². The molecule has 180 valence electrons. The summed E-state index contributed by atoms with van der Waals surface area (Å²) in [6.07, 6.45) is -12.6. The van der Waals surface area contributed by atoms with Gasteiger partial charge in [0.05, 0.1) is 23.5 Å². The monoisotopic (exact) mass is 489 g/mol. The van der Waals surface area contributed by atoms with Crippen molar-refractivity contribution in [2.24, 2.45) is 0 Å². The third-order valence-corrected chi connectivity index (χ3v) is 4.55. The highest BCUT2D eigenvalue weighted by atomic mass is 19.4. The molecule has 0 saturated heterocycles. The van der Waals surface area contributed by atoms with Gasteiger partial charge in [0.1, 0.15) is 11.4 Å². The van der Waals surface area contributed by atoms with E-state index in [0.29, 0.717) is 4.68 Å². The average Bonchev–Trinajstić information content (AvgIpc) is 2.76. The highest BCUT2D eigenvalue weighted by Crippen LogP contribution is 2.30. The summed E-state index contributed by atoms with van der Waals surface area (Å²) in [5, 5.41) is 14.8. The number of carbonyl (C=O) groups excluding carboxylic acids is 1. The predicted octanol–water partition coefficient (Wildman–Crippen LogP) is 3.71. The van der Waals surface area contributed by atoms with Gasteiger partial charge in [0.15, 0.2) is 6.10 Å². The van der Waals surface area contributed by atoms with Crippen molar-refractivity contribution in [3.05, 3.63) is 81.9 Å². The van der Waals surface area contributed by atoms with Crippen LogP contribution >= 0.6 is 0 Å². The second-order valence-electron chi connectivity index (χ2n) is 6.98. The fraction of sp³-hybridized carbons (Fsp3) is 0.190. The molecule has 0 bridgehead atoms. The number of benzene rings is 2. The first-order valence-corrected chi connectivity index (χ1v) is 9.38. The van der Waals surface area contributed by atoms with Gasteiger partial charge in [-0.2, -0.15) is 36.1 Å². The van der Waals surface area contributed by atoms with Crippen LogP contribution in [0.2, 0.25) is 0 Å². The summed E-state index contributed by atoms with van der Waals surface area (Å²) >= 11 is 0. The number of aliphatic hydroxyl groups excluding tert-OH is 1. The molecule has 0 spiro atoms. The Labute approximate surface area is 186 Å². The summed E-state index contributed by atoms with van der Waals surface area (Å²) in [7, 11) is 0. The fourth-order valence-corrected chi connectivity index (χ4v) is 2.81. The van der Waals surface area contributed by atoms with E-state index >= 15 is 0 Å². The summed E-state index contributed by atoms with van der Waals surface area (Å²) in [6, 6.07) is 8.78. The lowest BCUT2D eigenvalue weighted by molar-refractivity contribution is -0.201. The number of rotatable bonds is 5. The number of alkyl halides is 6. The van der Waals surface area contributed by atoms with Crippen molar-refractivity contribution in [3.8, 4) is 16.9 Å². The highest BCUT2D eigenvalue weighted by molar-refractivity contribution is 5.94. The highest BCUT2D eigenvalue weighted by Gasteiger charge is 2.38. The van der Waals surface area contributed by atoms with Crippen LogP contribution < -0.4 is 10.9 Å². The molecule has 0 aliphatic rings. The van der Waals surface area contributed by atoms with Gasteiger partial charge in [-0.05, 0) is 36.4 Å². The van der Waals surface area contributed by atoms with Crippen molar-refractivity contribution in [3.63, 3.8) is 0 Å². The molecule has 1 heterocycles. The Balaban J connectivity index is 2.09. The molecule has 0 fully saturated rings. The van der Waals surface area contributed by atoms with E-state index in [1.165, 1.54) is 12.1 Å². The summed E-state index contributed by atoms with van der Waals surface area (Å²) in [6.45, 7) is -1.26. The van der Waals surface area contributed by atoms with Gasteiger partial charge in [-0.1, -0.05) is 18.2 Å². The van der Waals surface area contributed by atoms with Crippen LogP contribution in [0, 0.1) is 5.82 Å². The van der Waals surface area contributed by atoms with Crippen molar-refractivity contribution in [2.45, 2.75) is 18.5 Å². The van der Waals surface area contributed by atoms with Crippen molar-refractivity contribution >= 4 is 5.91 Å². The Bertz CT molecular complexity index is 1250. The molecule has 0 aliphatic carbocycles. The third-order valence-electron chi connectivity index (χ3n) is 4.55. The maximum absolute atomic E-state index is 13.7. The minimum atomic E-state index is -5.03. The minimum absolute atomic E-state index is 0.0301. The van der Waals surface area contributed by atoms with Crippen molar-refractivity contribution in [2.75, 3.05) is 6.54 Å². The van der Waals surface area contributed by atoms with E-state index in [9.17, 15) is 40.3 Å². The lowest BCUT2D eigenvalue weighted by Gasteiger charge is -2.15. The number of halogens is 7. The maximum Gasteiger partial charge on any atom is 0.416 e. The van der Waals surface area contributed by atoms with Crippen LogP contribution in [0.25, 0.3) is 16.9 Å². The lowest BCUT2D eigenvalue weighted by atomic mass is 10.1. The number of nitrogens with zero attached hydrogens (tertiary/aromatic N) is 2. The van der Waals surface area contributed by atoms with Crippen LogP contribution in [0.4, 0.5) is 30.7 Å². The molecule has 0 radical (unpaired) electrons. The topological polar surface area (TPSA) is 84.2 Å². The van der Waals surface area contributed by atoms with E-state index in [1.807, 2.05) is 0 Å². The second kappa shape index (κ2) is 9.25. The Morgan fingerprint density at radius 2 is 1.68 bits per heavy atom. The molecule has 34 heavy (non-hydrogen) atoms. The minimum Gasteiger partial charge on any atom is -0.382 e. The van der Waals surface area contributed by atoms with E-state index in [2.05, 4.69) is 5.10 Å². The molecule has 2 N–H and O–H groups in total. The SMILES string of the molecule is O=C(NC[C@@H](O)C(F)(F)F)c1cc(-c2ccc(C(F)(F)F)cc2)nn(-c2cccc(F)c2)c1=O. The average molecular weight is 489 g/mol. The molecular weight excluding hydrogens is 475 g/mol. The predicted molar refractivity (Wildman–Crippen MR) is 105 cm³/mol. The van der Waals surface area contributed by atoms with Crippen LogP contribution in [0.15, 0.2) is 59.4 Å². The molecule has 1 amide bonds. The Morgan fingerprint density at radius 1 is 1.03 bits per heavy atom. The molecule has 13 heteroatoms. The van der Waals surface area contributed by atoms with E-state index < -0.39 is 53.4 Å². The number of hydrogen-bond donors (Lipinski definition) is 2. The maximum atomic E-state index is 13.7. The second-order valence-corrected chi connectivity index (χ2v) is 6.98. The van der Waals surface area contributed by atoms with E-state index in [-0.39, 0.29) is 16.9 Å². The number of carbonyl (C=O) groups is 1. The van der Waals surface area contributed by atoms with Crippen LogP contribution in [-0.4, -0.2) is 39.6 Å². The molecule has 0 saturated carbocycles. The van der Waals surface area contributed by atoms with Gasteiger partial charge in [-0.3, -0.25) is 9.59 Å². The Kier molecular flexibility index (Phi) is 6.77. The molecule has 6 nitrogen and oxygen atoms in total. The first kappa shape index (κ1) is 24.9. The molecule has 3 aromatic rings. The summed E-state index contributed by atoms with van der Waals surface area (Å²) in [5.41, 5.74) is -3.16. The first-order valence-electron chi connectivity index (χ1n) is 9.38. The normalized spacial score (nSPS) is 12.9. The Hall–Kier alpha value is -3.74. The zero-order valence-corrected chi connectivity index (χ0v) is 16.8. The number of nitrogens with one attached hydrogen (secondary N) is 1. The summed E-state index contributed by atoms with van der Waals surface area (Å²) in [5.74, 6) is -2.08. The lowest BCUT2D eigenvalue weighted by Crippen LogP contribution is -2.42. The molecule has 1 atom stereocenters.